The molecule has 2 heterocycles. The van der Waals surface area contributed by atoms with Crippen molar-refractivity contribution < 1.29 is 13.6 Å². The van der Waals surface area contributed by atoms with Crippen LogP contribution in [-0.4, -0.2) is 30.5 Å². The first-order valence-corrected chi connectivity index (χ1v) is 6.54. The first-order chi connectivity index (χ1) is 9.69. The Kier molecular flexibility index (Phi) is 5.14. The third-order valence-corrected chi connectivity index (χ3v) is 2.75. The summed E-state index contributed by atoms with van der Waals surface area (Å²) in [7, 11) is 1.66. The molecule has 0 bridgehead atoms. The molecule has 0 saturated carbocycles. The molecule has 1 unspecified atom stereocenters. The highest BCUT2D eigenvalue weighted by molar-refractivity contribution is 5.24. The van der Waals surface area contributed by atoms with Gasteiger partial charge in [0.25, 0.3) is 0 Å². The van der Waals surface area contributed by atoms with Gasteiger partial charge in [-0.05, 0) is 26.0 Å². The molecule has 1 atom stereocenters. The minimum absolute atomic E-state index is 0.0292. The minimum atomic E-state index is -0.0292. The average molecular weight is 280 g/mol. The van der Waals surface area contributed by atoms with Crippen molar-refractivity contribution in [2.24, 2.45) is 0 Å². The van der Waals surface area contributed by atoms with E-state index in [1.807, 2.05) is 26.0 Å². The van der Waals surface area contributed by atoms with Gasteiger partial charge in [-0.25, -0.2) is 0 Å². The Morgan fingerprint density at radius 2 is 2.15 bits per heavy atom. The Balaban J connectivity index is 1.83. The number of nitrogens with zero attached hydrogens (tertiary/aromatic N) is 2. The number of anilines is 1. The number of methoxy groups -OCH3 is 1. The van der Waals surface area contributed by atoms with E-state index in [0.717, 1.165) is 18.1 Å². The molecule has 0 aliphatic carbocycles. The van der Waals surface area contributed by atoms with Crippen molar-refractivity contribution in [3.63, 3.8) is 0 Å². The number of hydrogen-bond acceptors (Lipinski definition) is 7. The van der Waals surface area contributed by atoms with Crippen LogP contribution in [0.15, 0.2) is 21.0 Å². The van der Waals surface area contributed by atoms with Gasteiger partial charge in [-0.3, -0.25) is 0 Å². The van der Waals surface area contributed by atoms with E-state index in [2.05, 4.69) is 20.8 Å². The largest absolute Gasteiger partial charge is 0.464 e. The van der Waals surface area contributed by atoms with Crippen molar-refractivity contribution >= 4 is 6.01 Å². The number of aromatic nitrogens is 2. The van der Waals surface area contributed by atoms with Gasteiger partial charge in [0.2, 0.25) is 5.89 Å². The molecule has 2 aromatic heterocycles. The number of hydrogen-bond donors (Lipinski definition) is 2. The van der Waals surface area contributed by atoms with Gasteiger partial charge in [-0.15, -0.1) is 5.10 Å². The fraction of sp³-hybridized carbons (Fsp3) is 0.538. The van der Waals surface area contributed by atoms with E-state index in [-0.39, 0.29) is 6.04 Å². The van der Waals surface area contributed by atoms with Gasteiger partial charge >= 0.3 is 6.01 Å². The molecule has 0 radical (unpaired) electrons. The molecular weight excluding hydrogens is 260 g/mol. The van der Waals surface area contributed by atoms with Crippen molar-refractivity contribution in [1.82, 2.24) is 15.5 Å². The molecule has 110 valence electrons. The van der Waals surface area contributed by atoms with Crippen LogP contribution in [-0.2, 0) is 11.3 Å². The Morgan fingerprint density at radius 3 is 2.85 bits per heavy atom. The van der Waals surface area contributed by atoms with Crippen molar-refractivity contribution in [2.75, 3.05) is 25.6 Å². The summed E-state index contributed by atoms with van der Waals surface area (Å²) in [5, 5.41) is 14.1. The summed E-state index contributed by atoms with van der Waals surface area (Å²) in [5.41, 5.74) is 0. The van der Waals surface area contributed by atoms with E-state index in [0.29, 0.717) is 25.1 Å². The molecule has 0 fully saturated rings. The summed E-state index contributed by atoms with van der Waals surface area (Å²) in [6.45, 7) is 5.79. The summed E-state index contributed by atoms with van der Waals surface area (Å²) >= 11 is 0. The second kappa shape index (κ2) is 7.06. The SMILES string of the molecule is COCCNCc1nnc(NC(C)c2ccc(C)o2)o1. The fourth-order valence-corrected chi connectivity index (χ4v) is 1.70. The van der Waals surface area contributed by atoms with Crippen LogP contribution in [0.25, 0.3) is 0 Å². The maximum atomic E-state index is 5.54. The number of aryl methyl sites for hydroxylation is 1. The maximum Gasteiger partial charge on any atom is 0.316 e. The lowest BCUT2D eigenvalue weighted by molar-refractivity contribution is 0.198. The van der Waals surface area contributed by atoms with Crippen LogP contribution in [0.2, 0.25) is 0 Å². The highest BCUT2D eigenvalue weighted by Gasteiger charge is 2.13. The van der Waals surface area contributed by atoms with Crippen LogP contribution in [0.1, 0.15) is 30.4 Å². The lowest BCUT2D eigenvalue weighted by Crippen LogP contribution is -2.18. The van der Waals surface area contributed by atoms with Crippen LogP contribution in [0.5, 0.6) is 0 Å². The quantitative estimate of drug-likeness (QED) is 0.714. The summed E-state index contributed by atoms with van der Waals surface area (Å²) in [5.74, 6) is 2.24. The first kappa shape index (κ1) is 14.5. The smallest absolute Gasteiger partial charge is 0.316 e. The zero-order valence-electron chi connectivity index (χ0n) is 12.0. The molecule has 2 aromatic rings. The normalized spacial score (nSPS) is 12.6. The molecule has 2 N–H and O–H groups in total. The molecule has 0 spiro atoms. The first-order valence-electron chi connectivity index (χ1n) is 6.54. The van der Waals surface area contributed by atoms with Gasteiger partial charge in [-0.2, -0.15) is 0 Å². The van der Waals surface area contributed by atoms with Crippen LogP contribution in [0, 0.1) is 6.92 Å². The second-order valence-corrected chi connectivity index (χ2v) is 4.48. The molecule has 2 rings (SSSR count). The molecule has 0 saturated heterocycles. The predicted molar refractivity (Wildman–Crippen MR) is 73.4 cm³/mol. The second-order valence-electron chi connectivity index (χ2n) is 4.48. The standard InChI is InChI=1S/C13H20N4O3/c1-9-4-5-11(19-9)10(2)15-13-17-16-12(20-13)8-14-6-7-18-3/h4-5,10,14H,6-8H2,1-3H3,(H,15,17). The van der Waals surface area contributed by atoms with Gasteiger partial charge in [0, 0.05) is 13.7 Å². The number of furan rings is 1. The average Bonchev–Trinajstić information content (AvgIpc) is 3.04. The Labute approximate surface area is 117 Å². The number of nitrogens with one attached hydrogen (secondary N) is 2. The Bertz CT molecular complexity index is 523. The van der Waals surface area contributed by atoms with Crippen LogP contribution < -0.4 is 10.6 Å². The van der Waals surface area contributed by atoms with Crippen molar-refractivity contribution in [3.8, 4) is 0 Å². The van der Waals surface area contributed by atoms with Crippen LogP contribution in [0.4, 0.5) is 6.01 Å². The number of ether oxygens (including phenoxy) is 1. The van der Waals surface area contributed by atoms with E-state index < -0.39 is 0 Å². The number of rotatable bonds is 8. The lowest BCUT2D eigenvalue weighted by atomic mass is 10.2. The molecule has 0 aromatic carbocycles. The van der Waals surface area contributed by atoms with Gasteiger partial charge in [-0.1, -0.05) is 5.10 Å². The molecular formula is C13H20N4O3. The van der Waals surface area contributed by atoms with Gasteiger partial charge in [0.15, 0.2) is 0 Å². The van der Waals surface area contributed by atoms with E-state index in [1.54, 1.807) is 7.11 Å². The summed E-state index contributed by atoms with van der Waals surface area (Å²) in [4.78, 5) is 0. The third kappa shape index (κ3) is 4.07. The van der Waals surface area contributed by atoms with Gasteiger partial charge < -0.3 is 24.2 Å². The van der Waals surface area contributed by atoms with E-state index in [9.17, 15) is 0 Å². The van der Waals surface area contributed by atoms with Crippen molar-refractivity contribution in [1.29, 1.82) is 0 Å². The van der Waals surface area contributed by atoms with Gasteiger partial charge in [0.1, 0.15) is 11.5 Å². The molecule has 7 nitrogen and oxygen atoms in total. The topological polar surface area (TPSA) is 85.4 Å². The zero-order valence-corrected chi connectivity index (χ0v) is 12.0. The van der Waals surface area contributed by atoms with Crippen LogP contribution >= 0.6 is 0 Å². The highest BCUT2D eigenvalue weighted by Crippen LogP contribution is 2.20. The highest BCUT2D eigenvalue weighted by atomic mass is 16.5. The van der Waals surface area contributed by atoms with E-state index >= 15 is 0 Å². The Morgan fingerprint density at radius 1 is 1.30 bits per heavy atom. The van der Waals surface area contributed by atoms with Crippen LogP contribution in [0.3, 0.4) is 0 Å². The van der Waals surface area contributed by atoms with Crippen molar-refractivity contribution in [2.45, 2.75) is 26.4 Å². The summed E-state index contributed by atoms with van der Waals surface area (Å²) < 4.78 is 16.0. The molecule has 0 aliphatic rings. The fourth-order valence-electron chi connectivity index (χ4n) is 1.70. The van der Waals surface area contributed by atoms with E-state index in [1.165, 1.54) is 0 Å². The predicted octanol–water partition coefficient (Wildman–Crippen LogP) is 1.88. The lowest BCUT2D eigenvalue weighted by Gasteiger charge is -2.08. The minimum Gasteiger partial charge on any atom is -0.464 e. The molecule has 7 heteroatoms. The molecule has 0 aliphatic heterocycles. The maximum absolute atomic E-state index is 5.54. The molecule has 20 heavy (non-hydrogen) atoms. The summed E-state index contributed by atoms with van der Waals surface area (Å²) in [6.07, 6.45) is 0. The molecule has 0 amide bonds. The summed E-state index contributed by atoms with van der Waals surface area (Å²) in [6, 6.07) is 4.21. The van der Waals surface area contributed by atoms with Gasteiger partial charge in [0.05, 0.1) is 19.2 Å². The third-order valence-electron chi connectivity index (χ3n) is 2.75. The Hall–Kier alpha value is -1.86. The van der Waals surface area contributed by atoms with Crippen molar-refractivity contribution in [3.05, 3.63) is 29.5 Å². The monoisotopic (exact) mass is 280 g/mol. The van der Waals surface area contributed by atoms with E-state index in [4.69, 9.17) is 13.6 Å². The zero-order chi connectivity index (χ0) is 14.4.